The fraction of sp³-hybridized carbons (Fsp3) is 0.400. The molecule has 1 unspecified atom stereocenters. The summed E-state index contributed by atoms with van der Waals surface area (Å²) in [6.07, 6.45) is 0.765. The van der Waals surface area contributed by atoms with Crippen LogP contribution in [0.25, 0.3) is 10.9 Å². The molecule has 0 radical (unpaired) electrons. The van der Waals surface area contributed by atoms with Crippen molar-refractivity contribution in [3.63, 3.8) is 0 Å². The highest BCUT2D eigenvalue weighted by Gasteiger charge is 2.17. The zero-order valence-corrected chi connectivity index (χ0v) is 11.6. The summed E-state index contributed by atoms with van der Waals surface area (Å²) in [7, 11) is 1.43. The first-order valence-electron chi connectivity index (χ1n) is 6.56. The zero-order valence-electron chi connectivity index (χ0n) is 11.6. The van der Waals surface area contributed by atoms with Gasteiger partial charge in [0.1, 0.15) is 0 Å². The number of aromatic amines is 1. The van der Waals surface area contributed by atoms with E-state index < -0.39 is 0 Å². The summed E-state index contributed by atoms with van der Waals surface area (Å²) >= 11 is 0. The molecule has 102 valence electrons. The summed E-state index contributed by atoms with van der Waals surface area (Å²) in [5, 5.41) is 4.52. The summed E-state index contributed by atoms with van der Waals surface area (Å²) in [4.78, 5) is 14.9. The Bertz CT molecular complexity index is 575. The smallest absolute Gasteiger partial charge is 0.310 e. The van der Waals surface area contributed by atoms with Crippen LogP contribution in [0.5, 0.6) is 0 Å². The van der Waals surface area contributed by atoms with Crippen LogP contribution in [0.2, 0.25) is 0 Å². The molecular weight excluding hydrogens is 240 g/mol. The number of anilines is 1. The van der Waals surface area contributed by atoms with E-state index in [1.54, 1.807) is 0 Å². The van der Waals surface area contributed by atoms with Gasteiger partial charge >= 0.3 is 5.97 Å². The van der Waals surface area contributed by atoms with Crippen molar-refractivity contribution in [2.24, 2.45) is 5.92 Å². The van der Waals surface area contributed by atoms with Crippen molar-refractivity contribution in [1.29, 1.82) is 0 Å². The van der Waals surface area contributed by atoms with Crippen LogP contribution in [0, 0.1) is 12.8 Å². The van der Waals surface area contributed by atoms with Crippen LogP contribution in [0.15, 0.2) is 24.3 Å². The van der Waals surface area contributed by atoms with Crippen LogP contribution in [0.4, 0.5) is 5.69 Å². The minimum absolute atomic E-state index is 0.113. The average molecular weight is 260 g/mol. The Morgan fingerprint density at radius 1 is 1.42 bits per heavy atom. The van der Waals surface area contributed by atoms with Crippen molar-refractivity contribution in [3.05, 3.63) is 30.0 Å². The van der Waals surface area contributed by atoms with E-state index in [-0.39, 0.29) is 11.9 Å². The molecule has 0 fully saturated rings. The highest BCUT2D eigenvalue weighted by Crippen LogP contribution is 2.27. The average Bonchev–Trinajstić information content (AvgIpc) is 2.75. The second kappa shape index (κ2) is 5.78. The first-order valence-corrected chi connectivity index (χ1v) is 6.56. The summed E-state index contributed by atoms with van der Waals surface area (Å²) < 4.78 is 4.80. The maximum absolute atomic E-state index is 11.6. The van der Waals surface area contributed by atoms with Crippen molar-refractivity contribution >= 4 is 22.6 Å². The van der Waals surface area contributed by atoms with Crippen molar-refractivity contribution in [2.45, 2.75) is 20.3 Å². The number of carbonyl (C=O) groups excluding carboxylic acids is 1. The molecule has 0 saturated carbocycles. The molecule has 0 aliphatic heterocycles. The topological polar surface area (TPSA) is 54.1 Å². The molecule has 0 spiro atoms. The van der Waals surface area contributed by atoms with Gasteiger partial charge in [0.2, 0.25) is 0 Å². The van der Waals surface area contributed by atoms with E-state index in [4.69, 9.17) is 4.74 Å². The Labute approximate surface area is 113 Å². The molecule has 1 atom stereocenters. The van der Waals surface area contributed by atoms with E-state index in [0.29, 0.717) is 6.54 Å². The van der Waals surface area contributed by atoms with Crippen molar-refractivity contribution in [2.75, 3.05) is 19.0 Å². The summed E-state index contributed by atoms with van der Waals surface area (Å²) in [6.45, 7) is 4.61. The van der Waals surface area contributed by atoms with E-state index in [2.05, 4.69) is 16.4 Å². The molecule has 1 heterocycles. The molecule has 2 aromatic rings. The van der Waals surface area contributed by atoms with Gasteiger partial charge in [-0.2, -0.15) is 0 Å². The number of aryl methyl sites for hydroxylation is 1. The second-order valence-electron chi connectivity index (χ2n) is 4.68. The lowest BCUT2D eigenvalue weighted by Gasteiger charge is -2.14. The van der Waals surface area contributed by atoms with Crippen LogP contribution in [0.1, 0.15) is 19.0 Å². The third-order valence-electron chi connectivity index (χ3n) is 3.45. The maximum atomic E-state index is 11.6. The molecule has 0 aliphatic carbocycles. The number of nitrogens with one attached hydrogen (secondary N) is 2. The first-order chi connectivity index (χ1) is 9.17. The molecule has 19 heavy (non-hydrogen) atoms. The molecule has 2 N–H and O–H groups in total. The van der Waals surface area contributed by atoms with Crippen LogP contribution in [-0.2, 0) is 9.53 Å². The van der Waals surface area contributed by atoms with Gasteiger partial charge in [-0.1, -0.05) is 25.1 Å². The molecule has 4 heteroatoms. The van der Waals surface area contributed by atoms with Crippen molar-refractivity contribution in [3.8, 4) is 0 Å². The summed E-state index contributed by atoms with van der Waals surface area (Å²) in [5.74, 6) is -0.273. The Hall–Kier alpha value is -1.97. The highest BCUT2D eigenvalue weighted by atomic mass is 16.5. The Balaban J connectivity index is 2.17. The van der Waals surface area contributed by atoms with Gasteiger partial charge in [0.05, 0.1) is 18.7 Å². The monoisotopic (exact) mass is 260 g/mol. The number of benzene rings is 1. The largest absolute Gasteiger partial charge is 0.469 e. The van der Waals surface area contributed by atoms with Crippen molar-refractivity contribution in [1.82, 2.24) is 4.98 Å². The highest BCUT2D eigenvalue weighted by molar-refractivity contribution is 5.94. The molecular formula is C15H20N2O2. The molecule has 0 bridgehead atoms. The normalized spacial score (nSPS) is 12.4. The van der Waals surface area contributed by atoms with Gasteiger partial charge in [0.15, 0.2) is 0 Å². The van der Waals surface area contributed by atoms with Crippen LogP contribution < -0.4 is 5.32 Å². The number of para-hydroxylation sites is 1. The third-order valence-corrected chi connectivity index (χ3v) is 3.45. The minimum Gasteiger partial charge on any atom is -0.469 e. The molecule has 0 saturated heterocycles. The van der Waals surface area contributed by atoms with E-state index in [0.717, 1.165) is 28.7 Å². The van der Waals surface area contributed by atoms with Gasteiger partial charge in [-0.05, 0) is 19.4 Å². The standard InChI is InChI=1S/C15H20N2O2/c1-4-11(15(18)19-3)9-16-14-10(2)17-13-8-6-5-7-12(13)14/h5-8,11,16-17H,4,9H2,1-3H3. The lowest BCUT2D eigenvalue weighted by molar-refractivity contribution is -0.145. The predicted octanol–water partition coefficient (Wildman–Crippen LogP) is 3.09. The Morgan fingerprint density at radius 2 is 2.16 bits per heavy atom. The van der Waals surface area contributed by atoms with E-state index in [9.17, 15) is 4.79 Å². The SMILES string of the molecule is CCC(CNc1c(C)[nH]c2ccccc12)C(=O)OC. The number of methoxy groups -OCH3 is 1. The van der Waals surface area contributed by atoms with E-state index >= 15 is 0 Å². The third kappa shape index (κ3) is 2.72. The fourth-order valence-corrected chi connectivity index (χ4v) is 2.29. The number of carbonyl (C=O) groups is 1. The number of ether oxygens (including phenoxy) is 1. The summed E-state index contributed by atoms with van der Waals surface area (Å²) in [6, 6.07) is 8.13. The number of aromatic nitrogens is 1. The van der Waals surface area contributed by atoms with Crippen LogP contribution in [0.3, 0.4) is 0 Å². The number of rotatable bonds is 5. The molecule has 4 nitrogen and oxygen atoms in total. The minimum atomic E-state index is -0.160. The number of hydrogen-bond donors (Lipinski definition) is 2. The number of fused-ring (bicyclic) bond motifs is 1. The number of hydrogen-bond acceptors (Lipinski definition) is 3. The fourth-order valence-electron chi connectivity index (χ4n) is 2.29. The molecule has 0 aliphatic rings. The van der Waals surface area contributed by atoms with Gasteiger partial charge in [-0.25, -0.2) is 0 Å². The molecule has 2 rings (SSSR count). The van der Waals surface area contributed by atoms with E-state index in [1.807, 2.05) is 32.0 Å². The maximum Gasteiger partial charge on any atom is 0.310 e. The first kappa shape index (κ1) is 13.5. The Kier molecular flexibility index (Phi) is 4.10. The van der Waals surface area contributed by atoms with Gasteiger partial charge < -0.3 is 15.0 Å². The Morgan fingerprint density at radius 3 is 2.84 bits per heavy atom. The lowest BCUT2D eigenvalue weighted by Crippen LogP contribution is -2.23. The number of esters is 1. The zero-order chi connectivity index (χ0) is 13.8. The van der Waals surface area contributed by atoms with Gasteiger partial charge in [-0.3, -0.25) is 4.79 Å². The van der Waals surface area contributed by atoms with Gasteiger partial charge in [-0.15, -0.1) is 0 Å². The quantitative estimate of drug-likeness (QED) is 0.812. The molecule has 0 amide bonds. The number of H-pyrrole nitrogens is 1. The van der Waals surface area contributed by atoms with Crippen LogP contribution >= 0.6 is 0 Å². The van der Waals surface area contributed by atoms with Crippen molar-refractivity contribution < 1.29 is 9.53 Å². The summed E-state index contributed by atoms with van der Waals surface area (Å²) in [5.41, 5.74) is 3.26. The molecule has 1 aromatic heterocycles. The van der Waals surface area contributed by atoms with Gasteiger partial charge in [0, 0.05) is 23.1 Å². The predicted molar refractivity (Wildman–Crippen MR) is 77.3 cm³/mol. The van der Waals surface area contributed by atoms with Crippen LogP contribution in [-0.4, -0.2) is 24.6 Å². The van der Waals surface area contributed by atoms with Gasteiger partial charge in [0.25, 0.3) is 0 Å². The second-order valence-corrected chi connectivity index (χ2v) is 4.68. The van der Waals surface area contributed by atoms with E-state index in [1.165, 1.54) is 7.11 Å². The lowest BCUT2D eigenvalue weighted by atomic mass is 10.1. The molecule has 1 aromatic carbocycles.